The van der Waals surface area contributed by atoms with Crippen LogP contribution < -0.4 is 0 Å². The number of hydrogen-bond donors (Lipinski definition) is 0. The van der Waals surface area contributed by atoms with Crippen molar-refractivity contribution < 1.29 is 37.3 Å². The summed E-state index contributed by atoms with van der Waals surface area (Å²) in [5.41, 5.74) is 1.33. The Morgan fingerprint density at radius 2 is 1.52 bits per heavy atom. The fourth-order valence-electron chi connectivity index (χ4n) is 3.81. The topological polar surface area (TPSA) is 6.48 Å². The molecular weight excluding hydrogens is 666 g/mol. The van der Waals surface area contributed by atoms with Crippen LogP contribution in [-0.4, -0.2) is 52.5 Å². The van der Waals surface area contributed by atoms with Crippen LogP contribution in [0.4, 0.5) is 16.9 Å². The first-order valence-corrected chi connectivity index (χ1v) is 17.5. The van der Waals surface area contributed by atoms with Gasteiger partial charge in [-0.1, -0.05) is 39.2 Å². The molecule has 3 aliphatic rings. The van der Waals surface area contributed by atoms with Gasteiger partial charge in [-0.05, 0) is 58.1 Å². The Bertz CT molecular complexity index is 664. The molecule has 2 aliphatic heterocycles. The van der Waals surface area contributed by atoms with Gasteiger partial charge in [-0.2, -0.15) is 11.8 Å². The molecule has 0 saturated heterocycles. The van der Waals surface area contributed by atoms with E-state index >= 15 is 0 Å². The van der Waals surface area contributed by atoms with Gasteiger partial charge < -0.3 is 9.80 Å². The van der Waals surface area contributed by atoms with E-state index in [4.69, 9.17) is 0 Å². The van der Waals surface area contributed by atoms with Crippen molar-refractivity contribution in [1.82, 2.24) is 9.80 Å². The molecule has 2 heterocycles. The van der Waals surface area contributed by atoms with Crippen LogP contribution in [0.15, 0.2) is 36.3 Å². The number of allylic oxidation sites excluding steroid dienone is 3. The summed E-state index contributed by atoms with van der Waals surface area (Å²) in [6.45, 7) is 14.7. The van der Waals surface area contributed by atoms with Crippen molar-refractivity contribution in [2.45, 2.75) is 69.4 Å². The van der Waals surface area contributed by atoms with Crippen molar-refractivity contribution in [3.63, 3.8) is 0 Å². The largest absolute Gasteiger partial charge is 2.00 e. The fourth-order valence-corrected chi connectivity index (χ4v) is 5.56. The van der Waals surface area contributed by atoms with E-state index in [-0.39, 0.29) is 20.4 Å². The smallest absolute Gasteiger partial charge is 2.00 e. The van der Waals surface area contributed by atoms with Crippen LogP contribution in [0.1, 0.15) is 52.9 Å². The molecule has 11 heteroatoms. The molecule has 1 saturated carbocycles. The molecular formula is C22H35F6N2PdSSb+. The molecule has 3 radical (unpaired) electrons. The number of nitrogens with zero attached hydrogens (tertiary/aromatic N) is 2. The second kappa shape index (κ2) is 13.0. The Morgan fingerprint density at radius 1 is 1.00 bits per heavy atom. The molecule has 2 atom stereocenters. The minimum absolute atomic E-state index is 0. The minimum atomic E-state index is -11.2. The molecule has 0 aromatic carbocycles. The summed E-state index contributed by atoms with van der Waals surface area (Å²) in [5, 5.41) is 1.61. The Labute approximate surface area is 215 Å². The summed E-state index contributed by atoms with van der Waals surface area (Å²) in [4.78, 5) is 4.88. The van der Waals surface area contributed by atoms with Gasteiger partial charge in [0.05, 0.1) is 12.4 Å². The zero-order valence-corrected chi connectivity index (χ0v) is 24.2. The summed E-state index contributed by atoms with van der Waals surface area (Å²) in [7, 11) is 0. The average Bonchev–Trinajstić information content (AvgIpc) is 3.08. The van der Waals surface area contributed by atoms with E-state index in [9.17, 15) is 16.9 Å². The number of thioether (sulfide) groups is 1. The van der Waals surface area contributed by atoms with Gasteiger partial charge in [0.1, 0.15) is 0 Å². The average molecular weight is 702 g/mol. The van der Waals surface area contributed by atoms with Gasteiger partial charge in [-0.15, -0.1) is 0 Å². The third-order valence-corrected chi connectivity index (χ3v) is 7.26. The van der Waals surface area contributed by atoms with Gasteiger partial charge in [-0.25, -0.2) is 0 Å². The van der Waals surface area contributed by atoms with E-state index in [1.165, 1.54) is 44.2 Å². The molecule has 0 aromatic heterocycles. The standard InChI is InChI=1S/C19H30N2S.C3H5.6FH.Pd.Sb/c1-15(2)19(22-18-10-5-4-6-11-18)16(3)21-13-17-9-7-8-12-20(17)14-21;1-3-2;;;;;;;;/h7-9,12-13,15-16,18-19H,4-6,10-11,14H2,1-3H3;3H,1-2H2;6*1H;;/q;;;;;;;;+2;+5/p-6/t16-,19+;;;;;;;;;/m1........./s1. The van der Waals surface area contributed by atoms with Crippen molar-refractivity contribution in [2.24, 2.45) is 5.92 Å². The van der Waals surface area contributed by atoms with E-state index < -0.39 is 19.5 Å². The van der Waals surface area contributed by atoms with E-state index in [1.54, 1.807) is 0 Å². The van der Waals surface area contributed by atoms with Crippen LogP contribution in [0.5, 0.6) is 0 Å². The second-order valence-electron chi connectivity index (χ2n) is 8.47. The fraction of sp³-hybridized carbons (Fsp3) is 0.591. The van der Waals surface area contributed by atoms with E-state index in [0.29, 0.717) is 11.3 Å². The van der Waals surface area contributed by atoms with Crippen molar-refractivity contribution in [3.05, 3.63) is 56.6 Å². The van der Waals surface area contributed by atoms with Gasteiger partial charge in [0.15, 0.2) is 0 Å². The molecule has 0 unspecified atom stereocenters. The first kappa shape index (κ1) is 33.2. The second-order valence-corrected chi connectivity index (χ2v) is 15.4. The van der Waals surface area contributed by atoms with Crippen LogP contribution in [0.2, 0.25) is 0 Å². The van der Waals surface area contributed by atoms with Gasteiger partial charge in [-0.3, -0.25) is 0 Å². The van der Waals surface area contributed by atoms with E-state index in [2.05, 4.69) is 86.8 Å². The predicted octanol–water partition coefficient (Wildman–Crippen LogP) is 7.96. The van der Waals surface area contributed by atoms with Gasteiger partial charge in [0, 0.05) is 28.9 Å². The molecule has 0 spiro atoms. The zero-order chi connectivity index (χ0) is 24.6. The van der Waals surface area contributed by atoms with Gasteiger partial charge in [0.25, 0.3) is 0 Å². The maximum atomic E-state index is 9.93. The molecule has 0 amide bonds. The molecule has 33 heavy (non-hydrogen) atoms. The van der Waals surface area contributed by atoms with Crippen LogP contribution >= 0.6 is 11.8 Å². The Kier molecular flexibility index (Phi) is 13.1. The third kappa shape index (κ3) is 15.8. The van der Waals surface area contributed by atoms with E-state index in [1.807, 2.05) is 0 Å². The van der Waals surface area contributed by atoms with E-state index in [0.717, 1.165) is 17.8 Å². The molecule has 0 N–H and O–H groups in total. The molecule has 0 aromatic rings. The summed E-state index contributed by atoms with van der Waals surface area (Å²) in [6, 6.07) is 0.590. The molecule has 3 rings (SSSR count). The normalized spacial score (nSPS) is 21.9. The van der Waals surface area contributed by atoms with Crippen LogP contribution in [-0.2, 0) is 20.4 Å². The van der Waals surface area contributed by atoms with Crippen molar-refractivity contribution in [1.29, 1.82) is 0 Å². The summed E-state index contributed by atoms with van der Waals surface area (Å²) in [6.07, 6.45) is 19.7. The van der Waals surface area contributed by atoms with Crippen molar-refractivity contribution in [2.75, 3.05) is 6.67 Å². The predicted molar refractivity (Wildman–Crippen MR) is 125 cm³/mol. The van der Waals surface area contributed by atoms with Gasteiger partial charge >= 0.3 is 56.8 Å². The molecule has 195 valence electrons. The summed E-state index contributed by atoms with van der Waals surface area (Å²) in [5.74, 6) is 0.726. The zero-order valence-electron chi connectivity index (χ0n) is 19.3. The quantitative estimate of drug-likeness (QED) is 0.212. The SMILES string of the molecule is CC(C)[C@H](SC1CCCCC1)[C@@H](C)N1C=C2C=CC=CN2C1.[CH2][CH][CH2].[F][Sb-]([F])([F])([F])([F])[F].[Pd+2]. The minimum Gasteiger partial charge on any atom is 2.00 e. The maximum Gasteiger partial charge on any atom is 2.00 e. The molecule has 0 bridgehead atoms. The monoisotopic (exact) mass is 700 g/mol. The number of hydrogen-bond acceptors (Lipinski definition) is 3. The third-order valence-electron chi connectivity index (χ3n) is 5.15. The molecule has 1 aliphatic carbocycles. The van der Waals surface area contributed by atoms with Crippen molar-refractivity contribution in [3.8, 4) is 0 Å². The van der Waals surface area contributed by atoms with Crippen LogP contribution in [0, 0.1) is 26.2 Å². The van der Waals surface area contributed by atoms with Crippen molar-refractivity contribution >= 4 is 31.2 Å². The Hall–Kier alpha value is 0.231. The van der Waals surface area contributed by atoms with Crippen LogP contribution in [0.25, 0.3) is 0 Å². The molecule has 2 nitrogen and oxygen atoms in total. The molecule has 1 fully saturated rings. The Balaban J connectivity index is 0.000000793. The number of rotatable bonds is 5. The summed E-state index contributed by atoms with van der Waals surface area (Å²) < 4.78 is 59.6. The summed E-state index contributed by atoms with van der Waals surface area (Å²) >= 11 is -8.97. The first-order valence-electron chi connectivity index (χ1n) is 10.7. The van der Waals surface area contributed by atoms with Crippen LogP contribution in [0.3, 0.4) is 0 Å². The first-order chi connectivity index (χ1) is 14.5. The van der Waals surface area contributed by atoms with Gasteiger partial charge in [0.2, 0.25) is 0 Å². The number of fused-ring (bicyclic) bond motifs is 1. The number of halogens is 6. The Morgan fingerprint density at radius 3 is 1.97 bits per heavy atom. The maximum absolute atomic E-state index is 11.2.